The van der Waals surface area contributed by atoms with Crippen molar-refractivity contribution in [3.63, 3.8) is 0 Å². The number of carbonyl (C=O) groups is 2. The van der Waals surface area contributed by atoms with Crippen molar-refractivity contribution in [3.8, 4) is 0 Å². The van der Waals surface area contributed by atoms with Gasteiger partial charge in [0.25, 0.3) is 5.69 Å². The number of rotatable bonds is 7. The fourth-order valence-electron chi connectivity index (χ4n) is 1.79. The van der Waals surface area contributed by atoms with Gasteiger partial charge in [-0.1, -0.05) is 28.9 Å². The van der Waals surface area contributed by atoms with Gasteiger partial charge in [0.15, 0.2) is 0 Å². The Hall–Kier alpha value is -1.96. The molecule has 0 fully saturated rings. The lowest BCUT2D eigenvalue weighted by Gasteiger charge is -2.20. The van der Waals surface area contributed by atoms with E-state index in [0.717, 1.165) is 0 Å². The number of nitro benzene ring substituents is 1. The van der Waals surface area contributed by atoms with Gasteiger partial charge in [0.05, 0.1) is 11.3 Å². The Balaban J connectivity index is 2.85. The summed E-state index contributed by atoms with van der Waals surface area (Å²) in [5.41, 5.74) is 0.506. The zero-order chi connectivity index (χ0) is 16.0. The van der Waals surface area contributed by atoms with Crippen molar-refractivity contribution >= 4 is 33.5 Å². The first-order valence-corrected chi connectivity index (χ1v) is 7.06. The molecular weight excluding hydrogens is 344 g/mol. The molecular formula is C13H15BrN2O5. The highest BCUT2D eigenvalue weighted by Gasteiger charge is 2.18. The summed E-state index contributed by atoms with van der Waals surface area (Å²) in [5.74, 6) is -1.40. The predicted octanol–water partition coefficient (Wildman–Crippen LogP) is 2.22. The van der Waals surface area contributed by atoms with Crippen molar-refractivity contribution in [2.75, 3.05) is 13.1 Å². The van der Waals surface area contributed by atoms with Crippen LogP contribution in [0.3, 0.4) is 0 Å². The lowest BCUT2D eigenvalue weighted by atomic mass is 10.1. The zero-order valence-corrected chi connectivity index (χ0v) is 13.0. The highest BCUT2D eigenvalue weighted by atomic mass is 79.9. The maximum absolute atomic E-state index is 12.1. The monoisotopic (exact) mass is 358 g/mol. The van der Waals surface area contributed by atoms with Crippen LogP contribution in [0.1, 0.15) is 18.9 Å². The first-order chi connectivity index (χ1) is 9.85. The van der Waals surface area contributed by atoms with Crippen molar-refractivity contribution in [1.29, 1.82) is 0 Å². The number of nitrogens with zero attached hydrogens (tertiary/aromatic N) is 2. The van der Waals surface area contributed by atoms with E-state index >= 15 is 0 Å². The fraction of sp³-hybridized carbons (Fsp3) is 0.385. The maximum atomic E-state index is 12.1. The molecule has 1 aromatic rings. The number of carboxylic acids is 1. The van der Waals surface area contributed by atoms with Gasteiger partial charge in [-0.25, -0.2) is 0 Å². The molecule has 0 aromatic heterocycles. The second-order valence-electron chi connectivity index (χ2n) is 4.42. The largest absolute Gasteiger partial charge is 0.480 e. The van der Waals surface area contributed by atoms with Gasteiger partial charge in [-0.3, -0.25) is 19.7 Å². The summed E-state index contributed by atoms with van der Waals surface area (Å²) in [4.78, 5) is 34.2. The quantitative estimate of drug-likeness (QED) is 0.594. The Morgan fingerprint density at radius 3 is 2.57 bits per heavy atom. The first kappa shape index (κ1) is 17.1. The van der Waals surface area contributed by atoms with Crippen LogP contribution in [0.15, 0.2) is 22.7 Å². The molecule has 0 atom stereocenters. The summed E-state index contributed by atoms with van der Waals surface area (Å²) >= 11 is 3.19. The van der Waals surface area contributed by atoms with Crippen LogP contribution < -0.4 is 0 Å². The molecule has 0 aliphatic rings. The van der Waals surface area contributed by atoms with Crippen molar-refractivity contribution in [1.82, 2.24) is 4.90 Å². The van der Waals surface area contributed by atoms with Gasteiger partial charge in [0.2, 0.25) is 5.91 Å². The number of amides is 1. The third-order valence-electron chi connectivity index (χ3n) is 2.76. The molecule has 0 aliphatic carbocycles. The lowest BCUT2D eigenvalue weighted by molar-refractivity contribution is -0.384. The third kappa shape index (κ3) is 5.14. The van der Waals surface area contributed by atoms with E-state index in [4.69, 9.17) is 5.11 Å². The molecule has 1 rings (SSSR count). The highest BCUT2D eigenvalue weighted by Crippen LogP contribution is 2.23. The molecule has 8 heteroatoms. The molecule has 0 aliphatic heterocycles. The van der Waals surface area contributed by atoms with Crippen molar-refractivity contribution < 1.29 is 19.6 Å². The Bertz CT molecular complexity index is 561. The average Bonchev–Trinajstić information content (AvgIpc) is 2.39. The minimum Gasteiger partial charge on any atom is -0.480 e. The zero-order valence-electron chi connectivity index (χ0n) is 11.4. The van der Waals surface area contributed by atoms with E-state index in [-0.39, 0.29) is 24.6 Å². The molecule has 0 unspecified atom stereocenters. The molecule has 0 radical (unpaired) electrons. The maximum Gasteiger partial charge on any atom is 0.323 e. The average molecular weight is 359 g/mol. The third-order valence-corrected chi connectivity index (χ3v) is 3.50. The van der Waals surface area contributed by atoms with Crippen LogP contribution in [0.25, 0.3) is 0 Å². The molecule has 21 heavy (non-hydrogen) atoms. The van der Waals surface area contributed by atoms with Crippen LogP contribution in [0.4, 0.5) is 5.69 Å². The van der Waals surface area contributed by atoms with Crippen LogP contribution in [-0.2, 0) is 16.0 Å². The smallest absolute Gasteiger partial charge is 0.323 e. The van der Waals surface area contributed by atoms with Crippen LogP contribution in [-0.4, -0.2) is 39.9 Å². The minimum atomic E-state index is -1.07. The summed E-state index contributed by atoms with van der Waals surface area (Å²) < 4.78 is 0.455. The van der Waals surface area contributed by atoms with E-state index in [0.29, 0.717) is 23.0 Å². The Labute approximate surface area is 129 Å². The van der Waals surface area contributed by atoms with Gasteiger partial charge in [-0.15, -0.1) is 0 Å². The number of aliphatic carboxylic acids is 1. The van der Waals surface area contributed by atoms with E-state index in [1.165, 1.54) is 23.1 Å². The number of hydrogen-bond donors (Lipinski definition) is 1. The number of benzene rings is 1. The van der Waals surface area contributed by atoms with Crippen LogP contribution in [0.2, 0.25) is 0 Å². The standard InChI is InChI=1S/C13H15BrN2O5/c1-2-5-15(8-13(18)19)12(17)6-9-3-4-10(16(20)21)7-11(9)14/h3-4,7H,2,5-6,8H2,1H3,(H,18,19). The second-order valence-corrected chi connectivity index (χ2v) is 5.27. The fourth-order valence-corrected chi connectivity index (χ4v) is 2.30. The van der Waals surface area contributed by atoms with Crippen molar-refractivity contribution in [3.05, 3.63) is 38.3 Å². The van der Waals surface area contributed by atoms with Gasteiger partial charge < -0.3 is 10.0 Å². The molecule has 1 N–H and O–H groups in total. The molecule has 114 valence electrons. The normalized spacial score (nSPS) is 10.2. The molecule has 7 nitrogen and oxygen atoms in total. The Morgan fingerprint density at radius 2 is 2.10 bits per heavy atom. The molecule has 1 aromatic carbocycles. The summed E-state index contributed by atoms with van der Waals surface area (Å²) in [5, 5.41) is 19.4. The number of hydrogen-bond acceptors (Lipinski definition) is 4. The van der Waals surface area contributed by atoms with Crippen molar-refractivity contribution in [2.24, 2.45) is 0 Å². The van der Waals surface area contributed by atoms with E-state index in [2.05, 4.69) is 15.9 Å². The number of carbonyl (C=O) groups excluding carboxylic acids is 1. The lowest BCUT2D eigenvalue weighted by Crippen LogP contribution is -2.37. The number of halogens is 1. The van der Waals surface area contributed by atoms with E-state index < -0.39 is 10.9 Å². The van der Waals surface area contributed by atoms with Crippen molar-refractivity contribution in [2.45, 2.75) is 19.8 Å². The van der Waals surface area contributed by atoms with Gasteiger partial charge >= 0.3 is 5.97 Å². The van der Waals surface area contributed by atoms with E-state index in [1.54, 1.807) is 0 Å². The second kappa shape index (κ2) is 7.72. The molecule has 0 bridgehead atoms. The van der Waals surface area contributed by atoms with Gasteiger partial charge in [0, 0.05) is 23.2 Å². The predicted molar refractivity (Wildman–Crippen MR) is 79.0 cm³/mol. The van der Waals surface area contributed by atoms with Gasteiger partial charge in [0.1, 0.15) is 6.54 Å². The summed E-state index contributed by atoms with van der Waals surface area (Å²) in [7, 11) is 0. The van der Waals surface area contributed by atoms with Gasteiger partial charge in [-0.05, 0) is 12.0 Å². The van der Waals surface area contributed by atoms with Crippen LogP contribution >= 0.6 is 15.9 Å². The topological polar surface area (TPSA) is 101 Å². The summed E-state index contributed by atoms with van der Waals surface area (Å²) in [6.07, 6.45) is 0.645. The number of nitro groups is 1. The van der Waals surface area contributed by atoms with Crippen LogP contribution in [0, 0.1) is 10.1 Å². The Kier molecular flexibility index (Phi) is 6.29. The molecule has 0 saturated heterocycles. The molecule has 1 amide bonds. The summed E-state index contributed by atoms with van der Waals surface area (Å²) in [6.45, 7) is 1.86. The minimum absolute atomic E-state index is 0.00808. The van der Waals surface area contributed by atoms with Gasteiger partial charge in [-0.2, -0.15) is 0 Å². The van der Waals surface area contributed by atoms with E-state index in [1.807, 2.05) is 6.92 Å². The summed E-state index contributed by atoms with van der Waals surface area (Å²) in [6, 6.07) is 4.13. The highest BCUT2D eigenvalue weighted by molar-refractivity contribution is 9.10. The SMILES string of the molecule is CCCN(CC(=O)O)C(=O)Cc1ccc([N+](=O)[O-])cc1Br. The molecule has 0 heterocycles. The molecule has 0 saturated carbocycles. The Morgan fingerprint density at radius 1 is 1.43 bits per heavy atom. The number of non-ortho nitro benzene ring substituents is 1. The van der Waals surface area contributed by atoms with Crippen LogP contribution in [0.5, 0.6) is 0 Å². The number of carboxylic acid groups (broad SMARTS) is 1. The van der Waals surface area contributed by atoms with E-state index in [9.17, 15) is 19.7 Å². The molecule has 0 spiro atoms. The first-order valence-electron chi connectivity index (χ1n) is 6.27.